The van der Waals surface area contributed by atoms with Crippen LogP contribution in [0.15, 0.2) is 91.0 Å². The Balaban J connectivity index is 1.33. The van der Waals surface area contributed by atoms with E-state index in [0.717, 1.165) is 22.3 Å². The van der Waals surface area contributed by atoms with E-state index in [2.05, 4.69) is 5.32 Å². The fourth-order valence-corrected chi connectivity index (χ4v) is 4.80. The number of fused-ring (bicyclic) bond motifs is 6. The Kier molecular flexibility index (Phi) is 4.93. The van der Waals surface area contributed by atoms with E-state index < -0.39 is 5.60 Å². The number of nitrogens with two attached hydrogens (primary N) is 1. The Bertz CT molecular complexity index is 1480. The molecule has 0 amide bonds. The van der Waals surface area contributed by atoms with Crippen molar-refractivity contribution in [3.05, 3.63) is 119 Å². The third-order valence-electron chi connectivity index (χ3n) is 6.22. The molecule has 1 spiro atoms. The van der Waals surface area contributed by atoms with Gasteiger partial charge in [-0.25, -0.2) is 4.79 Å². The van der Waals surface area contributed by atoms with Gasteiger partial charge in [0, 0.05) is 34.1 Å². The summed E-state index contributed by atoms with van der Waals surface area (Å²) in [5, 5.41) is 3.33. The number of esters is 1. The Morgan fingerprint density at radius 2 is 1.60 bits per heavy atom. The number of nitrogen functional groups attached to an aromatic ring is 1. The number of rotatable bonds is 3. The number of ether oxygens (including phenoxy) is 3. The fraction of sp³-hybridized carbons (Fsp3) is 0.0714. The SMILES string of the molecule is Nc1ccc(COC(=S)Nc2ccc3c(c2)Oc2ccccc2C32OC(=O)c3ccccc32)cc1. The number of hydrogen-bond acceptors (Lipinski definition) is 6. The molecule has 1 atom stereocenters. The van der Waals surface area contributed by atoms with Gasteiger partial charge in [-0.15, -0.1) is 0 Å². The minimum Gasteiger partial charge on any atom is -0.466 e. The molecular formula is C28H20N2O4S. The monoisotopic (exact) mass is 480 g/mol. The molecule has 1 unspecified atom stereocenters. The molecule has 35 heavy (non-hydrogen) atoms. The van der Waals surface area contributed by atoms with Gasteiger partial charge in [0.05, 0.1) is 5.56 Å². The molecular weight excluding hydrogens is 460 g/mol. The third kappa shape index (κ3) is 3.48. The molecule has 2 heterocycles. The van der Waals surface area contributed by atoms with Crippen molar-refractivity contribution in [2.45, 2.75) is 12.2 Å². The Labute approximate surface area is 207 Å². The van der Waals surface area contributed by atoms with Gasteiger partial charge in [0.15, 0.2) is 5.60 Å². The first kappa shape index (κ1) is 21.2. The van der Waals surface area contributed by atoms with Crippen LogP contribution in [0, 0.1) is 0 Å². The molecule has 0 fully saturated rings. The molecule has 0 bridgehead atoms. The highest BCUT2D eigenvalue weighted by Gasteiger charge is 2.53. The van der Waals surface area contributed by atoms with Gasteiger partial charge in [-0.05, 0) is 54.2 Å². The average molecular weight is 481 g/mol. The maximum Gasteiger partial charge on any atom is 0.340 e. The van der Waals surface area contributed by atoms with E-state index in [1.807, 2.05) is 84.9 Å². The summed E-state index contributed by atoms with van der Waals surface area (Å²) in [4.78, 5) is 12.9. The van der Waals surface area contributed by atoms with Gasteiger partial charge >= 0.3 is 5.97 Å². The second kappa shape index (κ2) is 8.14. The van der Waals surface area contributed by atoms with Crippen LogP contribution in [0.3, 0.4) is 0 Å². The van der Waals surface area contributed by atoms with Crippen LogP contribution in [0.2, 0.25) is 0 Å². The van der Waals surface area contributed by atoms with Crippen LogP contribution in [0.1, 0.15) is 32.6 Å². The minimum absolute atomic E-state index is 0.227. The van der Waals surface area contributed by atoms with Crippen LogP contribution in [-0.2, 0) is 21.7 Å². The lowest BCUT2D eigenvalue weighted by atomic mass is 9.77. The molecule has 0 aliphatic carbocycles. The number of nitrogens with one attached hydrogen (secondary N) is 1. The number of carbonyl (C=O) groups excluding carboxylic acids is 1. The predicted molar refractivity (Wildman–Crippen MR) is 137 cm³/mol. The first-order chi connectivity index (χ1) is 17.0. The van der Waals surface area contributed by atoms with Crippen LogP contribution in [0.4, 0.5) is 11.4 Å². The molecule has 0 saturated heterocycles. The van der Waals surface area contributed by atoms with Crippen LogP contribution >= 0.6 is 12.2 Å². The maximum absolute atomic E-state index is 12.9. The molecule has 6 nitrogen and oxygen atoms in total. The van der Waals surface area contributed by atoms with Gasteiger partial charge in [0.25, 0.3) is 5.17 Å². The number of para-hydroxylation sites is 1. The summed E-state index contributed by atoms with van der Waals surface area (Å²) in [5.74, 6) is 0.839. The average Bonchev–Trinajstić information content (AvgIpc) is 3.17. The van der Waals surface area contributed by atoms with Crippen LogP contribution in [-0.4, -0.2) is 11.1 Å². The Morgan fingerprint density at radius 3 is 2.43 bits per heavy atom. The summed E-state index contributed by atoms with van der Waals surface area (Å²) >= 11 is 5.38. The van der Waals surface area contributed by atoms with Gasteiger partial charge < -0.3 is 25.3 Å². The topological polar surface area (TPSA) is 82.8 Å². The molecule has 0 radical (unpaired) electrons. The van der Waals surface area contributed by atoms with E-state index in [1.165, 1.54) is 0 Å². The van der Waals surface area contributed by atoms with Gasteiger partial charge in [0.2, 0.25) is 0 Å². The number of carbonyl (C=O) groups is 1. The minimum atomic E-state index is -1.08. The molecule has 7 heteroatoms. The lowest BCUT2D eigenvalue weighted by Gasteiger charge is -2.36. The highest BCUT2D eigenvalue weighted by Crippen LogP contribution is 2.56. The van der Waals surface area contributed by atoms with Gasteiger partial charge in [-0.2, -0.15) is 0 Å². The van der Waals surface area contributed by atoms with E-state index in [9.17, 15) is 4.79 Å². The molecule has 172 valence electrons. The largest absolute Gasteiger partial charge is 0.466 e. The first-order valence-electron chi connectivity index (χ1n) is 11.1. The summed E-state index contributed by atoms with van der Waals surface area (Å²) in [6, 6.07) is 28.1. The van der Waals surface area contributed by atoms with E-state index in [1.54, 1.807) is 6.07 Å². The van der Waals surface area contributed by atoms with Crippen LogP contribution in [0.5, 0.6) is 11.5 Å². The molecule has 6 rings (SSSR count). The number of benzene rings is 4. The van der Waals surface area contributed by atoms with Gasteiger partial charge in [-0.1, -0.05) is 48.5 Å². The lowest BCUT2D eigenvalue weighted by molar-refractivity contribution is 0.0224. The van der Waals surface area contributed by atoms with Crippen molar-refractivity contribution < 1.29 is 19.0 Å². The quantitative estimate of drug-likeness (QED) is 0.219. The van der Waals surface area contributed by atoms with Crippen molar-refractivity contribution in [2.24, 2.45) is 0 Å². The molecule has 3 N–H and O–H groups in total. The van der Waals surface area contributed by atoms with E-state index in [4.69, 9.17) is 32.2 Å². The maximum atomic E-state index is 12.9. The molecule has 4 aromatic rings. The van der Waals surface area contributed by atoms with Crippen molar-refractivity contribution >= 4 is 34.7 Å². The zero-order valence-corrected chi connectivity index (χ0v) is 19.3. The molecule has 0 saturated carbocycles. The Morgan fingerprint density at radius 1 is 0.886 bits per heavy atom. The second-order valence-electron chi connectivity index (χ2n) is 8.37. The second-order valence-corrected chi connectivity index (χ2v) is 8.74. The number of hydrogen-bond donors (Lipinski definition) is 2. The molecule has 2 aliphatic heterocycles. The van der Waals surface area contributed by atoms with Crippen LogP contribution < -0.4 is 15.8 Å². The van der Waals surface area contributed by atoms with E-state index in [0.29, 0.717) is 35.0 Å². The highest BCUT2D eigenvalue weighted by atomic mass is 32.1. The van der Waals surface area contributed by atoms with Crippen molar-refractivity contribution in [2.75, 3.05) is 11.1 Å². The summed E-state index contributed by atoms with van der Waals surface area (Å²) in [6.07, 6.45) is 0. The molecule has 4 aromatic carbocycles. The summed E-state index contributed by atoms with van der Waals surface area (Å²) < 4.78 is 18.1. The summed E-state index contributed by atoms with van der Waals surface area (Å²) in [7, 11) is 0. The first-order valence-corrected chi connectivity index (χ1v) is 11.5. The van der Waals surface area contributed by atoms with Crippen molar-refractivity contribution in [1.82, 2.24) is 0 Å². The van der Waals surface area contributed by atoms with E-state index >= 15 is 0 Å². The van der Waals surface area contributed by atoms with Crippen LogP contribution in [0.25, 0.3) is 0 Å². The van der Waals surface area contributed by atoms with Crippen molar-refractivity contribution in [1.29, 1.82) is 0 Å². The molecule has 2 aliphatic rings. The smallest absolute Gasteiger partial charge is 0.340 e. The van der Waals surface area contributed by atoms with Crippen molar-refractivity contribution in [3.8, 4) is 11.5 Å². The zero-order chi connectivity index (χ0) is 24.0. The highest BCUT2D eigenvalue weighted by molar-refractivity contribution is 7.80. The third-order valence-corrected chi connectivity index (χ3v) is 6.44. The standard InChI is InChI=1S/C28H20N2O4S/c29-18-11-9-17(10-12-18)16-32-27(35)30-19-13-14-23-25(15-19)33-24-8-4-3-7-22(24)28(23)21-6-2-1-5-20(21)26(31)34-28/h1-15H,16,29H2,(H,30,35). The van der Waals surface area contributed by atoms with Gasteiger partial charge in [0.1, 0.15) is 18.1 Å². The summed E-state index contributed by atoms with van der Waals surface area (Å²) in [5.41, 5.74) is 9.87. The normalized spacial score (nSPS) is 17.0. The zero-order valence-electron chi connectivity index (χ0n) is 18.5. The van der Waals surface area contributed by atoms with Gasteiger partial charge in [-0.3, -0.25) is 0 Å². The van der Waals surface area contributed by atoms with Crippen molar-refractivity contribution in [3.63, 3.8) is 0 Å². The Hall–Kier alpha value is -4.36. The number of thiocarbonyl (C=S) groups is 1. The number of anilines is 2. The molecule has 0 aromatic heterocycles. The summed E-state index contributed by atoms with van der Waals surface area (Å²) in [6.45, 7) is 0.316. The van der Waals surface area contributed by atoms with E-state index in [-0.39, 0.29) is 11.1 Å². The predicted octanol–water partition coefficient (Wildman–Crippen LogP) is 5.75. The fourth-order valence-electron chi connectivity index (χ4n) is 4.62. The lowest BCUT2D eigenvalue weighted by Crippen LogP contribution is -2.33.